The van der Waals surface area contributed by atoms with Gasteiger partial charge in [-0.1, -0.05) is 20.8 Å². The fourth-order valence-corrected chi connectivity index (χ4v) is 1.89. The highest BCUT2D eigenvalue weighted by Gasteiger charge is 2.21. The molecule has 16 heavy (non-hydrogen) atoms. The first-order valence-corrected chi connectivity index (χ1v) is 5.81. The normalized spacial score (nSPS) is 21.5. The van der Waals surface area contributed by atoms with Crippen LogP contribution in [0.1, 0.15) is 32.9 Å². The van der Waals surface area contributed by atoms with Gasteiger partial charge in [0.05, 0.1) is 5.69 Å². The van der Waals surface area contributed by atoms with Crippen molar-refractivity contribution in [3.8, 4) is 0 Å². The van der Waals surface area contributed by atoms with Crippen LogP contribution in [-0.4, -0.2) is 29.3 Å². The van der Waals surface area contributed by atoms with Crippen molar-refractivity contribution in [1.29, 1.82) is 0 Å². The zero-order valence-electron chi connectivity index (χ0n) is 10.3. The molecule has 1 fully saturated rings. The fourth-order valence-electron chi connectivity index (χ4n) is 1.89. The van der Waals surface area contributed by atoms with Crippen molar-refractivity contribution in [1.82, 2.24) is 10.2 Å². The number of anilines is 1. The Morgan fingerprint density at radius 3 is 2.50 bits per heavy atom. The van der Waals surface area contributed by atoms with E-state index in [2.05, 4.69) is 41.9 Å². The highest BCUT2D eigenvalue weighted by Crippen LogP contribution is 2.22. The maximum absolute atomic E-state index is 5.87. The van der Waals surface area contributed by atoms with Crippen molar-refractivity contribution in [2.75, 3.05) is 18.0 Å². The molecule has 0 saturated carbocycles. The Kier molecular flexibility index (Phi) is 2.84. The minimum atomic E-state index is 0.0624. The minimum Gasteiger partial charge on any atom is -0.354 e. The van der Waals surface area contributed by atoms with Crippen LogP contribution in [0.5, 0.6) is 0 Å². The second kappa shape index (κ2) is 4.01. The minimum absolute atomic E-state index is 0.0624. The lowest BCUT2D eigenvalue weighted by Gasteiger charge is -2.19. The highest BCUT2D eigenvalue weighted by molar-refractivity contribution is 5.39. The van der Waals surface area contributed by atoms with Crippen LogP contribution in [0.2, 0.25) is 0 Å². The molecule has 2 heterocycles. The lowest BCUT2D eigenvalue weighted by molar-refractivity contribution is 0.558. The predicted molar refractivity (Wildman–Crippen MR) is 65.5 cm³/mol. The molecule has 1 unspecified atom stereocenters. The maximum atomic E-state index is 5.87. The molecule has 1 aliphatic heterocycles. The van der Waals surface area contributed by atoms with Gasteiger partial charge in [0.25, 0.3) is 0 Å². The van der Waals surface area contributed by atoms with E-state index >= 15 is 0 Å². The van der Waals surface area contributed by atoms with Crippen LogP contribution in [0.25, 0.3) is 0 Å². The first-order chi connectivity index (χ1) is 7.47. The summed E-state index contributed by atoms with van der Waals surface area (Å²) in [5.74, 6) is 0.945. The van der Waals surface area contributed by atoms with Gasteiger partial charge in [-0.3, -0.25) is 0 Å². The zero-order chi connectivity index (χ0) is 11.8. The van der Waals surface area contributed by atoms with E-state index in [9.17, 15) is 0 Å². The van der Waals surface area contributed by atoms with E-state index in [4.69, 9.17) is 5.73 Å². The molecule has 0 bridgehead atoms. The van der Waals surface area contributed by atoms with Crippen LogP contribution in [0, 0.1) is 0 Å². The Bertz CT molecular complexity index is 352. The molecule has 0 radical (unpaired) electrons. The van der Waals surface area contributed by atoms with Crippen LogP contribution in [0.3, 0.4) is 0 Å². The first kappa shape index (κ1) is 11.3. The Labute approximate surface area is 96.9 Å². The first-order valence-electron chi connectivity index (χ1n) is 5.81. The Hall–Kier alpha value is -1.16. The Morgan fingerprint density at radius 1 is 1.31 bits per heavy atom. The summed E-state index contributed by atoms with van der Waals surface area (Å²) in [6, 6.07) is 4.39. The Balaban J connectivity index is 2.14. The summed E-state index contributed by atoms with van der Waals surface area (Å²) in [6.07, 6.45) is 1.04. The highest BCUT2D eigenvalue weighted by atomic mass is 15.3. The molecule has 1 saturated heterocycles. The second-order valence-corrected chi connectivity index (χ2v) is 5.52. The van der Waals surface area contributed by atoms with Gasteiger partial charge in [-0.15, -0.1) is 5.10 Å². The molecule has 0 amide bonds. The van der Waals surface area contributed by atoms with Crippen LogP contribution in [-0.2, 0) is 5.41 Å². The predicted octanol–water partition coefficient (Wildman–Crippen LogP) is 1.31. The summed E-state index contributed by atoms with van der Waals surface area (Å²) >= 11 is 0. The number of rotatable bonds is 1. The molecule has 4 nitrogen and oxygen atoms in total. The standard InChI is InChI=1S/C12H20N4/c1-12(2,3)10-4-5-11(15-14-10)16-7-6-9(13)8-16/h4-5,9H,6-8,13H2,1-3H3. The molecular weight excluding hydrogens is 200 g/mol. The van der Waals surface area contributed by atoms with E-state index in [0.717, 1.165) is 31.0 Å². The SMILES string of the molecule is CC(C)(C)c1ccc(N2CCC(N)C2)nn1. The third-order valence-corrected chi connectivity index (χ3v) is 2.97. The lowest BCUT2D eigenvalue weighted by atomic mass is 9.92. The van der Waals surface area contributed by atoms with E-state index in [1.165, 1.54) is 0 Å². The van der Waals surface area contributed by atoms with E-state index in [-0.39, 0.29) is 11.5 Å². The average Bonchev–Trinajstić information content (AvgIpc) is 2.64. The van der Waals surface area contributed by atoms with E-state index in [1.807, 2.05) is 6.07 Å². The van der Waals surface area contributed by atoms with Gasteiger partial charge in [0, 0.05) is 24.5 Å². The molecule has 1 aromatic rings. The van der Waals surface area contributed by atoms with Crippen LogP contribution in [0.4, 0.5) is 5.82 Å². The monoisotopic (exact) mass is 220 g/mol. The third-order valence-electron chi connectivity index (χ3n) is 2.97. The van der Waals surface area contributed by atoms with Gasteiger partial charge in [-0.05, 0) is 18.6 Å². The molecule has 2 rings (SSSR count). The van der Waals surface area contributed by atoms with Crippen LogP contribution < -0.4 is 10.6 Å². The van der Waals surface area contributed by atoms with Gasteiger partial charge in [-0.25, -0.2) is 0 Å². The van der Waals surface area contributed by atoms with Gasteiger partial charge in [0.2, 0.25) is 0 Å². The average molecular weight is 220 g/mol. The molecule has 88 valence electrons. The Morgan fingerprint density at radius 2 is 2.06 bits per heavy atom. The van der Waals surface area contributed by atoms with Gasteiger partial charge >= 0.3 is 0 Å². The summed E-state index contributed by atoms with van der Waals surface area (Å²) in [5.41, 5.74) is 6.96. The van der Waals surface area contributed by atoms with Crippen LogP contribution >= 0.6 is 0 Å². The fraction of sp³-hybridized carbons (Fsp3) is 0.667. The maximum Gasteiger partial charge on any atom is 0.151 e. The number of nitrogens with two attached hydrogens (primary N) is 1. The van der Waals surface area contributed by atoms with Crippen molar-refractivity contribution < 1.29 is 0 Å². The molecule has 1 aromatic heterocycles. The summed E-state index contributed by atoms with van der Waals surface area (Å²) < 4.78 is 0. The van der Waals surface area contributed by atoms with Crippen molar-refractivity contribution in [3.05, 3.63) is 17.8 Å². The molecular formula is C12H20N4. The lowest BCUT2D eigenvalue weighted by Crippen LogP contribution is -2.27. The smallest absolute Gasteiger partial charge is 0.151 e. The van der Waals surface area contributed by atoms with Crippen molar-refractivity contribution in [2.24, 2.45) is 5.73 Å². The summed E-state index contributed by atoms with van der Waals surface area (Å²) in [4.78, 5) is 2.20. The molecule has 0 aromatic carbocycles. The van der Waals surface area contributed by atoms with E-state index in [0.29, 0.717) is 0 Å². The summed E-state index contributed by atoms with van der Waals surface area (Å²) in [5, 5.41) is 8.57. The topological polar surface area (TPSA) is 55.0 Å². The van der Waals surface area contributed by atoms with Crippen molar-refractivity contribution in [3.63, 3.8) is 0 Å². The number of nitrogens with zero attached hydrogens (tertiary/aromatic N) is 3. The third kappa shape index (κ3) is 2.32. The molecule has 1 aliphatic rings. The van der Waals surface area contributed by atoms with Gasteiger partial charge in [-0.2, -0.15) is 5.10 Å². The molecule has 4 heteroatoms. The molecule has 0 spiro atoms. The summed E-state index contributed by atoms with van der Waals surface area (Å²) in [7, 11) is 0. The zero-order valence-corrected chi connectivity index (χ0v) is 10.3. The van der Waals surface area contributed by atoms with E-state index < -0.39 is 0 Å². The summed E-state index contributed by atoms with van der Waals surface area (Å²) in [6.45, 7) is 8.31. The number of hydrogen-bond donors (Lipinski definition) is 1. The van der Waals surface area contributed by atoms with Gasteiger partial charge < -0.3 is 10.6 Å². The molecule has 2 N–H and O–H groups in total. The number of hydrogen-bond acceptors (Lipinski definition) is 4. The van der Waals surface area contributed by atoms with Gasteiger partial charge in [0.15, 0.2) is 5.82 Å². The largest absolute Gasteiger partial charge is 0.354 e. The number of aromatic nitrogens is 2. The quantitative estimate of drug-likeness (QED) is 0.775. The van der Waals surface area contributed by atoms with Crippen molar-refractivity contribution in [2.45, 2.75) is 38.6 Å². The molecule has 1 atom stereocenters. The van der Waals surface area contributed by atoms with Crippen LogP contribution in [0.15, 0.2) is 12.1 Å². The van der Waals surface area contributed by atoms with E-state index in [1.54, 1.807) is 0 Å². The van der Waals surface area contributed by atoms with Gasteiger partial charge in [0.1, 0.15) is 0 Å². The molecule has 0 aliphatic carbocycles. The van der Waals surface area contributed by atoms with Crippen molar-refractivity contribution >= 4 is 5.82 Å². The second-order valence-electron chi connectivity index (χ2n) is 5.52.